The molecule has 0 aliphatic carbocycles. The number of nitrogens with zero attached hydrogens (tertiary/aromatic N) is 4. The topological polar surface area (TPSA) is 65.3 Å². The fourth-order valence-corrected chi connectivity index (χ4v) is 4.89. The van der Waals surface area contributed by atoms with Crippen molar-refractivity contribution in [3.05, 3.63) is 59.7 Å². The van der Waals surface area contributed by atoms with Gasteiger partial charge in [-0.1, -0.05) is 36.4 Å². The number of carbonyl (C=O) groups excluding carboxylic acids is 2. The Morgan fingerprint density at radius 3 is 1.31 bits per heavy atom. The summed E-state index contributed by atoms with van der Waals surface area (Å²) in [5, 5.41) is 11.5. The van der Waals surface area contributed by atoms with Crippen molar-refractivity contribution in [2.45, 2.75) is 23.6 Å². The third-order valence-electron chi connectivity index (χ3n) is 5.48. The first-order valence-corrected chi connectivity index (χ1v) is 12.7. The van der Waals surface area contributed by atoms with Gasteiger partial charge in [-0.2, -0.15) is 10.2 Å². The van der Waals surface area contributed by atoms with Crippen LogP contribution in [0.25, 0.3) is 0 Å². The Morgan fingerprint density at radius 1 is 0.688 bits per heavy atom. The monoisotopic (exact) mass is 468 g/mol. The highest BCUT2D eigenvalue weighted by molar-refractivity contribution is 7.99. The van der Waals surface area contributed by atoms with Gasteiger partial charge in [-0.15, -0.1) is 23.5 Å². The first kappa shape index (κ1) is 24.1. The van der Waals surface area contributed by atoms with Crippen LogP contribution >= 0.6 is 23.5 Å². The lowest BCUT2D eigenvalue weighted by Gasteiger charge is -2.08. The molecule has 2 heterocycles. The molecule has 0 saturated carbocycles. The van der Waals surface area contributed by atoms with E-state index in [1.807, 2.05) is 62.8 Å². The van der Waals surface area contributed by atoms with Gasteiger partial charge in [-0.05, 0) is 38.5 Å². The third-order valence-corrected chi connectivity index (χ3v) is 7.07. The average Bonchev–Trinajstić information content (AvgIpc) is 3.23. The van der Waals surface area contributed by atoms with E-state index in [4.69, 9.17) is 0 Å². The lowest BCUT2D eigenvalue weighted by Crippen LogP contribution is -2.22. The van der Waals surface area contributed by atoms with Crippen LogP contribution in [0.15, 0.2) is 68.5 Å². The molecule has 0 radical (unpaired) electrons. The van der Waals surface area contributed by atoms with E-state index in [1.165, 1.54) is 10.0 Å². The van der Waals surface area contributed by atoms with Crippen LogP contribution in [0.1, 0.15) is 25.0 Å². The molecule has 0 spiro atoms. The zero-order valence-corrected chi connectivity index (χ0v) is 20.8. The molecule has 4 rings (SSSR count). The number of benzene rings is 2. The molecule has 0 bridgehead atoms. The van der Waals surface area contributed by atoms with Crippen LogP contribution in [0, 0.1) is 11.8 Å². The van der Waals surface area contributed by atoms with E-state index < -0.39 is 0 Å². The number of hydrazone groups is 2. The minimum Gasteiger partial charge on any atom is -0.272 e. The van der Waals surface area contributed by atoms with Crippen LogP contribution in [0.5, 0.6) is 0 Å². The molecular weight excluding hydrogens is 440 g/mol. The van der Waals surface area contributed by atoms with Crippen molar-refractivity contribution in [1.82, 2.24) is 10.0 Å². The van der Waals surface area contributed by atoms with Gasteiger partial charge in [-0.25, -0.2) is 10.0 Å². The van der Waals surface area contributed by atoms with E-state index in [-0.39, 0.29) is 23.7 Å². The highest BCUT2D eigenvalue weighted by Crippen LogP contribution is 2.28. The summed E-state index contributed by atoms with van der Waals surface area (Å²) in [7, 11) is 3.40. The first-order valence-electron chi connectivity index (χ1n) is 10.3. The zero-order chi connectivity index (χ0) is 23.4. The Hall–Kier alpha value is -2.58. The normalized spacial score (nSPS) is 20.2. The van der Waals surface area contributed by atoms with Gasteiger partial charge in [0, 0.05) is 35.0 Å². The predicted molar refractivity (Wildman–Crippen MR) is 133 cm³/mol. The van der Waals surface area contributed by atoms with E-state index in [2.05, 4.69) is 22.3 Å². The quantitative estimate of drug-likeness (QED) is 0.622. The van der Waals surface area contributed by atoms with E-state index in [0.717, 1.165) is 32.3 Å². The molecule has 2 aliphatic rings. The SMILES string of the molecule is CSc1ccccc1C1=NN(C)C(=O)C1C.CSc1ccccc1C1=NN(C)C(=O)C1C. The molecule has 2 aliphatic heterocycles. The maximum Gasteiger partial charge on any atom is 0.251 e. The molecule has 0 saturated heterocycles. The van der Waals surface area contributed by atoms with Crippen LogP contribution < -0.4 is 0 Å². The Morgan fingerprint density at radius 2 is 1.03 bits per heavy atom. The molecule has 0 fully saturated rings. The lowest BCUT2D eigenvalue weighted by molar-refractivity contribution is -0.130. The minimum atomic E-state index is -0.140. The van der Waals surface area contributed by atoms with Crippen LogP contribution in [0.2, 0.25) is 0 Å². The fraction of sp³-hybridized carbons (Fsp3) is 0.333. The maximum atomic E-state index is 11.7. The Balaban J connectivity index is 0.000000181. The predicted octanol–water partition coefficient (Wildman–Crippen LogP) is 4.44. The second kappa shape index (κ2) is 10.4. The molecule has 0 N–H and O–H groups in total. The van der Waals surface area contributed by atoms with Gasteiger partial charge < -0.3 is 0 Å². The van der Waals surface area contributed by atoms with Gasteiger partial charge in [0.05, 0.1) is 23.3 Å². The number of hydrogen-bond acceptors (Lipinski definition) is 6. The van der Waals surface area contributed by atoms with E-state index in [1.54, 1.807) is 37.6 Å². The largest absolute Gasteiger partial charge is 0.272 e. The van der Waals surface area contributed by atoms with E-state index in [9.17, 15) is 9.59 Å². The van der Waals surface area contributed by atoms with Crippen LogP contribution in [-0.4, -0.2) is 59.9 Å². The molecule has 2 amide bonds. The summed E-state index contributed by atoms with van der Waals surface area (Å²) in [5.41, 5.74) is 3.88. The fourth-order valence-electron chi connectivity index (χ4n) is 3.68. The van der Waals surface area contributed by atoms with Gasteiger partial charge in [0.15, 0.2) is 0 Å². The van der Waals surface area contributed by atoms with Crippen molar-refractivity contribution in [3.8, 4) is 0 Å². The van der Waals surface area contributed by atoms with Crippen LogP contribution in [-0.2, 0) is 9.59 Å². The van der Waals surface area contributed by atoms with Crippen molar-refractivity contribution in [2.75, 3.05) is 26.6 Å². The van der Waals surface area contributed by atoms with E-state index in [0.29, 0.717) is 0 Å². The highest BCUT2D eigenvalue weighted by Gasteiger charge is 2.32. The zero-order valence-electron chi connectivity index (χ0n) is 19.2. The smallest absolute Gasteiger partial charge is 0.251 e. The number of carbonyl (C=O) groups is 2. The Kier molecular flexibility index (Phi) is 7.79. The van der Waals surface area contributed by atoms with Crippen molar-refractivity contribution in [1.29, 1.82) is 0 Å². The summed E-state index contributed by atoms with van der Waals surface area (Å²) >= 11 is 3.35. The second-order valence-corrected chi connectivity index (χ2v) is 9.23. The number of thioether (sulfide) groups is 2. The molecule has 168 valence electrons. The average molecular weight is 469 g/mol. The molecule has 2 aromatic carbocycles. The van der Waals surface area contributed by atoms with Crippen molar-refractivity contribution < 1.29 is 9.59 Å². The molecule has 6 nitrogen and oxygen atoms in total. The van der Waals surface area contributed by atoms with Crippen molar-refractivity contribution >= 4 is 46.8 Å². The molecule has 0 aromatic heterocycles. The summed E-state index contributed by atoms with van der Waals surface area (Å²) in [6.07, 6.45) is 4.06. The van der Waals surface area contributed by atoms with Gasteiger partial charge >= 0.3 is 0 Å². The standard InChI is InChI=1S/2C12H14N2OS/c2*1-8-11(13-14(2)12(8)15)9-6-4-5-7-10(9)16-3/h2*4-8H,1-3H3. The van der Waals surface area contributed by atoms with Crippen LogP contribution in [0.3, 0.4) is 0 Å². The van der Waals surface area contributed by atoms with Gasteiger partial charge in [-0.3, -0.25) is 9.59 Å². The molecular formula is C24H28N4O2S2. The molecule has 32 heavy (non-hydrogen) atoms. The Labute approximate surface area is 198 Å². The minimum absolute atomic E-state index is 0.0610. The maximum absolute atomic E-state index is 11.7. The molecule has 2 unspecified atom stereocenters. The lowest BCUT2D eigenvalue weighted by atomic mass is 9.99. The highest BCUT2D eigenvalue weighted by atomic mass is 32.2. The molecule has 2 atom stereocenters. The first-order chi connectivity index (χ1) is 15.3. The van der Waals surface area contributed by atoms with Crippen LogP contribution in [0.4, 0.5) is 0 Å². The van der Waals surface area contributed by atoms with Crippen molar-refractivity contribution in [3.63, 3.8) is 0 Å². The van der Waals surface area contributed by atoms with Crippen molar-refractivity contribution in [2.24, 2.45) is 22.0 Å². The third kappa shape index (κ3) is 4.76. The number of hydrogen-bond donors (Lipinski definition) is 0. The van der Waals surface area contributed by atoms with Gasteiger partial charge in [0.2, 0.25) is 0 Å². The van der Waals surface area contributed by atoms with E-state index >= 15 is 0 Å². The molecule has 8 heteroatoms. The summed E-state index contributed by atoms with van der Waals surface area (Å²) in [5.74, 6) is -0.159. The summed E-state index contributed by atoms with van der Waals surface area (Å²) < 4.78 is 0. The summed E-state index contributed by atoms with van der Waals surface area (Å²) in [6, 6.07) is 16.1. The number of rotatable bonds is 4. The Bertz CT molecular complexity index is 998. The van der Waals surface area contributed by atoms with Gasteiger partial charge in [0.1, 0.15) is 0 Å². The summed E-state index contributed by atoms with van der Waals surface area (Å²) in [6.45, 7) is 3.81. The second-order valence-electron chi connectivity index (χ2n) is 7.54. The van der Waals surface area contributed by atoms with Gasteiger partial charge in [0.25, 0.3) is 11.8 Å². The molecule has 2 aromatic rings. The number of amides is 2. The summed E-state index contributed by atoms with van der Waals surface area (Å²) in [4.78, 5) is 25.7.